The lowest BCUT2D eigenvalue weighted by Gasteiger charge is -2.11. The van der Waals surface area contributed by atoms with Crippen LogP contribution in [-0.4, -0.2) is 34.8 Å². The van der Waals surface area contributed by atoms with E-state index in [4.69, 9.17) is 25.9 Å². The largest absolute Gasteiger partial charge is 0.496 e. The van der Waals surface area contributed by atoms with Gasteiger partial charge in [0.2, 0.25) is 0 Å². The fraction of sp³-hybridized carbons (Fsp3) is 0.333. The molecule has 0 aliphatic rings. The summed E-state index contributed by atoms with van der Waals surface area (Å²) < 4.78 is 8.08. The molecule has 0 radical (unpaired) electrons. The van der Waals surface area contributed by atoms with Crippen LogP contribution in [0.15, 0.2) is 22.7 Å². The lowest BCUT2D eigenvalue weighted by molar-refractivity contribution is -0.191. The maximum atomic E-state index is 9.19. The van der Waals surface area contributed by atoms with Gasteiger partial charge < -0.3 is 9.84 Å². The van der Waals surface area contributed by atoms with Gasteiger partial charge in [-0.05, 0) is 24.6 Å². The minimum atomic E-state index is 0.00695. The third-order valence-electron chi connectivity index (χ3n) is 3.03. The van der Waals surface area contributed by atoms with Gasteiger partial charge in [0.25, 0.3) is 0 Å². The zero-order chi connectivity index (χ0) is 17.4. The maximum Gasteiger partial charge on any atom is 0.373 e. The summed E-state index contributed by atoms with van der Waals surface area (Å²) in [6, 6.07) is 5.74. The molecule has 1 N–H and O–H groups in total. The number of rotatable bonds is 5. The Balaban J connectivity index is 0.000000816. The summed E-state index contributed by atoms with van der Waals surface area (Å²) in [5.74, 6) is 0.711. The highest BCUT2D eigenvalue weighted by atomic mass is 79.9. The molecule has 2 aromatic rings. The molecule has 23 heavy (non-hydrogen) atoms. The Kier molecular flexibility index (Phi) is 7.98. The highest BCUT2D eigenvalue weighted by molar-refractivity contribution is 9.10. The van der Waals surface area contributed by atoms with E-state index in [2.05, 4.69) is 21.0 Å². The summed E-state index contributed by atoms with van der Waals surface area (Å²) in [5.41, 5.74) is 2.46. The number of halogens is 2. The van der Waals surface area contributed by atoms with Crippen LogP contribution in [0.5, 0.6) is 5.75 Å². The number of methoxy groups -OCH3 is 1. The summed E-state index contributed by atoms with van der Waals surface area (Å²) in [4.78, 5) is 16.2. The molecule has 0 saturated carbocycles. The van der Waals surface area contributed by atoms with Crippen LogP contribution < -0.4 is 4.74 Å². The second-order valence-electron chi connectivity index (χ2n) is 4.34. The average Bonchev–Trinajstić information content (AvgIpc) is 2.84. The molecule has 8 heteroatoms. The van der Waals surface area contributed by atoms with Crippen molar-refractivity contribution in [2.24, 2.45) is 0 Å². The summed E-state index contributed by atoms with van der Waals surface area (Å²) >= 11 is 9.86. The fourth-order valence-electron chi connectivity index (χ4n) is 2.09. The minimum Gasteiger partial charge on any atom is -0.496 e. The molecular weight excluding hydrogens is 388 g/mol. The van der Waals surface area contributed by atoms with E-state index < -0.39 is 0 Å². The molecule has 2 rings (SSSR count). The first-order chi connectivity index (χ1) is 11.0. The number of carbonyl (C=O) groups excluding carboxylic acids is 2. The summed E-state index contributed by atoms with van der Waals surface area (Å²) in [6.45, 7) is 2.40. The molecule has 0 unspecified atom stereocenters. The monoisotopic (exact) mass is 402 g/mol. The summed E-state index contributed by atoms with van der Waals surface area (Å²) in [7, 11) is 1.62. The molecule has 1 heterocycles. The first-order valence-electron chi connectivity index (χ1n) is 6.73. The van der Waals surface area contributed by atoms with Crippen LogP contribution in [0, 0.1) is 0 Å². The zero-order valence-corrected chi connectivity index (χ0v) is 15.0. The molecule has 6 nitrogen and oxygen atoms in total. The van der Waals surface area contributed by atoms with Crippen LogP contribution in [0.1, 0.15) is 12.6 Å². The highest BCUT2D eigenvalue weighted by Gasteiger charge is 2.19. The van der Waals surface area contributed by atoms with Crippen LogP contribution in [0.25, 0.3) is 11.3 Å². The van der Waals surface area contributed by atoms with Crippen molar-refractivity contribution in [3.05, 3.63) is 33.4 Å². The Morgan fingerprint density at radius 1 is 1.43 bits per heavy atom. The van der Waals surface area contributed by atoms with E-state index in [1.54, 1.807) is 11.8 Å². The maximum absolute atomic E-state index is 9.19. The Hall–Kier alpha value is -1.66. The first-order valence-corrected chi connectivity index (χ1v) is 7.90. The number of ether oxygens (including phenoxy) is 1. The normalized spacial score (nSPS) is 9.78. The Bertz CT molecular complexity index is 697. The Morgan fingerprint density at radius 3 is 2.61 bits per heavy atom. The number of hydrogen-bond donors (Lipinski definition) is 1. The van der Waals surface area contributed by atoms with Gasteiger partial charge in [-0.3, -0.25) is 4.68 Å². The molecule has 0 saturated heterocycles. The third-order valence-corrected chi connectivity index (χ3v) is 3.92. The van der Waals surface area contributed by atoms with E-state index in [1.165, 1.54) is 0 Å². The number of aliphatic hydroxyl groups is 1. The van der Waals surface area contributed by atoms with Crippen molar-refractivity contribution in [1.29, 1.82) is 0 Å². The van der Waals surface area contributed by atoms with Crippen molar-refractivity contribution in [1.82, 2.24) is 9.78 Å². The van der Waals surface area contributed by atoms with Gasteiger partial charge in [-0.25, -0.2) is 0 Å². The van der Waals surface area contributed by atoms with Gasteiger partial charge in [0, 0.05) is 10.0 Å². The highest BCUT2D eigenvalue weighted by Crippen LogP contribution is 2.38. The number of benzene rings is 1. The second kappa shape index (κ2) is 9.47. The number of aliphatic hydroxyl groups excluding tert-OH is 1. The van der Waals surface area contributed by atoms with Gasteiger partial charge in [0.1, 0.15) is 5.75 Å². The quantitative estimate of drug-likeness (QED) is 0.830. The van der Waals surface area contributed by atoms with E-state index in [-0.39, 0.29) is 12.8 Å². The van der Waals surface area contributed by atoms with E-state index in [9.17, 15) is 5.11 Å². The number of aromatic nitrogens is 2. The van der Waals surface area contributed by atoms with Crippen molar-refractivity contribution in [3.8, 4) is 17.0 Å². The molecule has 1 aromatic heterocycles. The second-order valence-corrected chi connectivity index (χ2v) is 5.63. The number of aryl methyl sites for hydroxylation is 1. The molecule has 0 atom stereocenters. The van der Waals surface area contributed by atoms with Crippen LogP contribution in [-0.2, 0) is 22.6 Å². The van der Waals surface area contributed by atoms with Gasteiger partial charge in [0.05, 0.1) is 36.7 Å². The Morgan fingerprint density at radius 2 is 2.09 bits per heavy atom. The van der Waals surface area contributed by atoms with Crippen molar-refractivity contribution >= 4 is 33.7 Å². The molecule has 0 amide bonds. The molecule has 1 aromatic carbocycles. The van der Waals surface area contributed by atoms with Gasteiger partial charge in [-0.2, -0.15) is 14.7 Å². The van der Waals surface area contributed by atoms with Crippen molar-refractivity contribution in [2.45, 2.75) is 19.9 Å². The lowest BCUT2D eigenvalue weighted by atomic mass is 10.1. The van der Waals surface area contributed by atoms with Crippen molar-refractivity contribution in [2.75, 3.05) is 13.7 Å². The lowest BCUT2D eigenvalue weighted by Crippen LogP contribution is -2.06. The van der Waals surface area contributed by atoms with Crippen LogP contribution in [0.4, 0.5) is 0 Å². The van der Waals surface area contributed by atoms with Gasteiger partial charge in [-0.15, -0.1) is 0 Å². The summed E-state index contributed by atoms with van der Waals surface area (Å²) in [5, 5.41) is 14.3. The minimum absolute atomic E-state index is 0.00695. The van der Waals surface area contributed by atoms with Gasteiger partial charge in [0.15, 0.2) is 0 Å². The Labute approximate surface area is 147 Å². The van der Waals surface area contributed by atoms with Crippen LogP contribution in [0.3, 0.4) is 0 Å². The number of hydrogen-bond acceptors (Lipinski definition) is 5. The van der Waals surface area contributed by atoms with Crippen molar-refractivity contribution < 1.29 is 19.4 Å². The molecule has 0 fully saturated rings. The molecule has 0 spiro atoms. The topological polar surface area (TPSA) is 81.4 Å². The van der Waals surface area contributed by atoms with Crippen LogP contribution in [0.2, 0.25) is 5.02 Å². The standard InChI is InChI=1S/C14H16BrClN2O2.CO2/c1-3-11-13(16)14(18(17-11)6-7-19)10-5-4-9(15)8-12(10)20-2;2-1-3/h4-5,8,19H,3,6-7H2,1-2H3;. The van der Waals surface area contributed by atoms with Crippen LogP contribution >= 0.6 is 27.5 Å². The molecule has 0 bridgehead atoms. The van der Waals surface area contributed by atoms with Gasteiger partial charge >= 0.3 is 6.15 Å². The molecular formula is C15H16BrClN2O4. The molecule has 0 aliphatic heterocycles. The predicted octanol–water partition coefficient (Wildman–Crippen LogP) is 2.95. The summed E-state index contributed by atoms with van der Waals surface area (Å²) in [6.07, 6.45) is 0.989. The van der Waals surface area contributed by atoms with Crippen molar-refractivity contribution in [3.63, 3.8) is 0 Å². The van der Waals surface area contributed by atoms with E-state index in [1.807, 2.05) is 25.1 Å². The zero-order valence-electron chi connectivity index (χ0n) is 12.7. The molecule has 0 aliphatic carbocycles. The smallest absolute Gasteiger partial charge is 0.373 e. The third kappa shape index (κ3) is 4.65. The number of nitrogens with zero attached hydrogens (tertiary/aromatic N) is 2. The first kappa shape index (κ1) is 19.4. The van der Waals surface area contributed by atoms with E-state index in [0.717, 1.165) is 27.8 Å². The van der Waals surface area contributed by atoms with Gasteiger partial charge in [-0.1, -0.05) is 34.5 Å². The van der Waals surface area contributed by atoms with E-state index >= 15 is 0 Å². The molecule has 124 valence electrons. The fourth-order valence-corrected chi connectivity index (χ4v) is 2.80. The average molecular weight is 404 g/mol. The predicted molar refractivity (Wildman–Crippen MR) is 88.4 cm³/mol. The van der Waals surface area contributed by atoms with E-state index in [0.29, 0.717) is 17.3 Å². The SMILES string of the molecule is CCc1nn(CCO)c(-c2ccc(Br)cc2OC)c1Cl.O=C=O.